The van der Waals surface area contributed by atoms with Gasteiger partial charge in [-0.25, -0.2) is 0 Å². The van der Waals surface area contributed by atoms with E-state index in [1.165, 1.54) is 77.2 Å². The van der Waals surface area contributed by atoms with Gasteiger partial charge in [-0.1, -0.05) is 206 Å². The second-order valence-electron chi connectivity index (χ2n) is 14.5. The first-order valence-electron chi connectivity index (χ1n) is 19.6. The van der Waals surface area contributed by atoms with Crippen molar-refractivity contribution >= 4 is 38.6 Å². The third kappa shape index (κ3) is 6.46. The van der Waals surface area contributed by atoms with Crippen LogP contribution in [0, 0.1) is 0 Å². The van der Waals surface area contributed by atoms with Gasteiger partial charge < -0.3 is 4.90 Å². The smallest absolute Gasteiger partial charge is 0.0540 e. The molecule has 0 aliphatic heterocycles. The molecule has 0 saturated carbocycles. The molecule has 268 valence electrons. The molecule has 0 amide bonds. The summed E-state index contributed by atoms with van der Waals surface area (Å²) >= 11 is 0. The Morgan fingerprint density at radius 2 is 0.614 bits per heavy atom. The van der Waals surface area contributed by atoms with E-state index in [1.807, 2.05) is 0 Å². The van der Waals surface area contributed by atoms with Crippen molar-refractivity contribution in [2.75, 3.05) is 4.90 Å². The number of fused-ring (bicyclic) bond motifs is 2. The first-order chi connectivity index (χ1) is 28.3. The van der Waals surface area contributed by atoms with Gasteiger partial charge in [0.25, 0.3) is 0 Å². The Hall–Kier alpha value is -7.48. The fraction of sp³-hybridized carbons (Fsp3) is 0. The Kier molecular flexibility index (Phi) is 8.95. The third-order valence-electron chi connectivity index (χ3n) is 11.1. The number of rotatable bonds is 8. The molecule has 0 fully saturated rings. The SMILES string of the molecule is c1ccc(-c2ccccc2-c2c(-c3ccccc3)cccc2-c2ccc(N(c3ccc(-c4cccc5ccccc45)cc3)c3cccc4ccccc34)cc2)cc1. The fourth-order valence-corrected chi connectivity index (χ4v) is 8.40. The fourth-order valence-electron chi connectivity index (χ4n) is 8.40. The molecule has 10 rings (SSSR count). The maximum atomic E-state index is 2.39. The topological polar surface area (TPSA) is 3.24 Å². The summed E-state index contributed by atoms with van der Waals surface area (Å²) in [5, 5.41) is 4.93. The highest BCUT2D eigenvalue weighted by Gasteiger charge is 2.20. The van der Waals surface area contributed by atoms with Crippen LogP contribution in [0.2, 0.25) is 0 Å². The quantitative estimate of drug-likeness (QED) is 0.151. The zero-order chi connectivity index (χ0) is 38.0. The van der Waals surface area contributed by atoms with Crippen LogP contribution in [0.1, 0.15) is 0 Å². The summed E-state index contributed by atoms with van der Waals surface area (Å²) in [4.78, 5) is 2.39. The molecule has 0 bridgehead atoms. The third-order valence-corrected chi connectivity index (χ3v) is 11.1. The van der Waals surface area contributed by atoms with Gasteiger partial charge in [0.15, 0.2) is 0 Å². The minimum atomic E-state index is 1.10. The van der Waals surface area contributed by atoms with Crippen molar-refractivity contribution in [2.45, 2.75) is 0 Å². The van der Waals surface area contributed by atoms with Gasteiger partial charge in [0, 0.05) is 16.8 Å². The lowest BCUT2D eigenvalue weighted by Crippen LogP contribution is -2.10. The summed E-state index contributed by atoms with van der Waals surface area (Å²) in [7, 11) is 0. The standard InChI is InChI=1S/C56H39N/c1-3-16-40(17-4-1)50-25-11-12-27-54(50)56-52(43-18-5-2-6-19-43)29-15-30-53(56)45-34-38-47(39-35-45)57(55-31-14-23-42-21-8-10-26-51(42)55)46-36-32-44(33-37-46)49-28-13-22-41-20-7-9-24-48(41)49/h1-39H. The average molecular weight is 726 g/mol. The van der Waals surface area contributed by atoms with Crippen molar-refractivity contribution in [3.05, 3.63) is 237 Å². The number of nitrogens with zero attached hydrogens (tertiary/aromatic N) is 1. The minimum Gasteiger partial charge on any atom is -0.310 e. The largest absolute Gasteiger partial charge is 0.310 e. The van der Waals surface area contributed by atoms with E-state index in [1.54, 1.807) is 0 Å². The van der Waals surface area contributed by atoms with Crippen LogP contribution in [0.5, 0.6) is 0 Å². The summed E-state index contributed by atoms with van der Waals surface area (Å²) in [6.45, 7) is 0. The second kappa shape index (κ2) is 15.0. The zero-order valence-electron chi connectivity index (χ0n) is 31.5. The van der Waals surface area contributed by atoms with Gasteiger partial charge in [0.2, 0.25) is 0 Å². The van der Waals surface area contributed by atoms with Crippen LogP contribution in [0.3, 0.4) is 0 Å². The molecule has 0 saturated heterocycles. The normalized spacial score (nSPS) is 11.2. The van der Waals surface area contributed by atoms with E-state index < -0.39 is 0 Å². The van der Waals surface area contributed by atoms with Gasteiger partial charge >= 0.3 is 0 Å². The average Bonchev–Trinajstić information content (AvgIpc) is 3.30. The van der Waals surface area contributed by atoms with Crippen LogP contribution >= 0.6 is 0 Å². The van der Waals surface area contributed by atoms with Crippen molar-refractivity contribution in [3.8, 4) is 55.6 Å². The molecule has 0 aliphatic carbocycles. The predicted molar refractivity (Wildman–Crippen MR) is 243 cm³/mol. The highest BCUT2D eigenvalue weighted by molar-refractivity contribution is 6.02. The Morgan fingerprint density at radius 3 is 1.25 bits per heavy atom. The predicted octanol–water partition coefficient (Wildman–Crippen LogP) is 15.8. The molecule has 57 heavy (non-hydrogen) atoms. The number of hydrogen-bond acceptors (Lipinski definition) is 1. The van der Waals surface area contributed by atoms with Crippen LogP contribution in [0.15, 0.2) is 237 Å². The summed E-state index contributed by atoms with van der Waals surface area (Å²) in [6, 6.07) is 85.6. The van der Waals surface area contributed by atoms with Gasteiger partial charge in [0.05, 0.1) is 5.69 Å². The Labute approximate surface area is 334 Å². The second-order valence-corrected chi connectivity index (χ2v) is 14.5. The molecule has 10 aromatic rings. The first-order valence-corrected chi connectivity index (χ1v) is 19.6. The molecule has 1 nitrogen and oxygen atoms in total. The van der Waals surface area contributed by atoms with Crippen molar-refractivity contribution in [1.82, 2.24) is 0 Å². The first kappa shape index (κ1) is 34.0. The van der Waals surface area contributed by atoms with E-state index in [9.17, 15) is 0 Å². The summed E-state index contributed by atoms with van der Waals surface area (Å²) in [5.41, 5.74) is 15.4. The maximum absolute atomic E-state index is 2.39. The van der Waals surface area contributed by atoms with E-state index in [4.69, 9.17) is 0 Å². The maximum Gasteiger partial charge on any atom is 0.0540 e. The molecule has 0 heterocycles. The van der Waals surface area contributed by atoms with E-state index in [2.05, 4.69) is 241 Å². The molecular formula is C56H39N. The lowest BCUT2D eigenvalue weighted by Gasteiger charge is -2.27. The Morgan fingerprint density at radius 1 is 0.228 bits per heavy atom. The molecule has 0 unspecified atom stereocenters. The van der Waals surface area contributed by atoms with Crippen molar-refractivity contribution < 1.29 is 0 Å². The highest BCUT2D eigenvalue weighted by atomic mass is 15.1. The number of anilines is 3. The van der Waals surface area contributed by atoms with Crippen molar-refractivity contribution in [2.24, 2.45) is 0 Å². The zero-order valence-corrected chi connectivity index (χ0v) is 31.5. The summed E-state index contributed by atoms with van der Waals surface area (Å²) in [6.07, 6.45) is 0. The van der Waals surface area contributed by atoms with Crippen LogP contribution < -0.4 is 4.90 Å². The molecule has 0 radical (unpaired) electrons. The Bertz CT molecular complexity index is 2970. The van der Waals surface area contributed by atoms with Crippen LogP contribution in [0.4, 0.5) is 17.1 Å². The summed E-state index contributed by atoms with van der Waals surface area (Å²) < 4.78 is 0. The monoisotopic (exact) mass is 725 g/mol. The van der Waals surface area contributed by atoms with E-state index >= 15 is 0 Å². The molecule has 0 atom stereocenters. The van der Waals surface area contributed by atoms with E-state index in [0.29, 0.717) is 0 Å². The Balaban J connectivity index is 1.12. The molecule has 0 N–H and O–H groups in total. The van der Waals surface area contributed by atoms with Gasteiger partial charge in [-0.3, -0.25) is 0 Å². The van der Waals surface area contributed by atoms with Crippen LogP contribution in [0.25, 0.3) is 77.2 Å². The lowest BCUT2D eigenvalue weighted by molar-refractivity contribution is 1.30. The highest BCUT2D eigenvalue weighted by Crippen LogP contribution is 2.45. The van der Waals surface area contributed by atoms with Crippen molar-refractivity contribution in [1.29, 1.82) is 0 Å². The number of benzene rings is 10. The van der Waals surface area contributed by atoms with Gasteiger partial charge in [-0.05, 0) is 102 Å². The van der Waals surface area contributed by atoms with Crippen LogP contribution in [-0.4, -0.2) is 0 Å². The van der Waals surface area contributed by atoms with E-state index in [-0.39, 0.29) is 0 Å². The molecule has 10 aromatic carbocycles. The number of hydrogen-bond donors (Lipinski definition) is 0. The molecular weight excluding hydrogens is 687 g/mol. The minimum absolute atomic E-state index is 1.10. The van der Waals surface area contributed by atoms with Crippen LogP contribution in [-0.2, 0) is 0 Å². The molecule has 0 spiro atoms. The van der Waals surface area contributed by atoms with Crippen molar-refractivity contribution in [3.63, 3.8) is 0 Å². The summed E-state index contributed by atoms with van der Waals surface area (Å²) in [5.74, 6) is 0. The molecule has 0 aromatic heterocycles. The molecule has 1 heteroatoms. The van der Waals surface area contributed by atoms with Gasteiger partial charge in [-0.15, -0.1) is 0 Å². The lowest BCUT2D eigenvalue weighted by atomic mass is 9.84. The van der Waals surface area contributed by atoms with Gasteiger partial charge in [0.1, 0.15) is 0 Å². The molecule has 0 aliphatic rings. The van der Waals surface area contributed by atoms with E-state index in [0.717, 1.165) is 17.1 Å². The van der Waals surface area contributed by atoms with Gasteiger partial charge in [-0.2, -0.15) is 0 Å².